The van der Waals surface area contributed by atoms with Crippen molar-refractivity contribution in [3.8, 4) is 0 Å². The van der Waals surface area contributed by atoms with Gasteiger partial charge in [0.15, 0.2) is 5.76 Å². The molecule has 5 nitrogen and oxygen atoms in total. The number of nitrogens with one attached hydrogen (secondary N) is 2. The van der Waals surface area contributed by atoms with E-state index in [2.05, 4.69) is 15.8 Å². The second-order valence-electron chi connectivity index (χ2n) is 5.38. The number of aryl methyl sites for hydroxylation is 1. The van der Waals surface area contributed by atoms with Crippen LogP contribution in [-0.4, -0.2) is 23.1 Å². The summed E-state index contributed by atoms with van der Waals surface area (Å²) in [6, 6.07) is 2.02. The van der Waals surface area contributed by atoms with Crippen molar-refractivity contribution < 1.29 is 9.32 Å². The van der Waals surface area contributed by atoms with Gasteiger partial charge in [-0.25, -0.2) is 0 Å². The number of carbonyl (C=O) groups excluding carboxylic acids is 1. The highest BCUT2D eigenvalue weighted by Gasteiger charge is 2.19. The smallest absolute Gasteiger partial charge is 0.237 e. The molecule has 1 amide bonds. The predicted octanol–water partition coefficient (Wildman–Crippen LogP) is 1.91. The molecule has 1 aliphatic rings. The van der Waals surface area contributed by atoms with E-state index in [1.54, 1.807) is 0 Å². The topological polar surface area (TPSA) is 67.2 Å². The summed E-state index contributed by atoms with van der Waals surface area (Å²) in [4.78, 5) is 12.0. The lowest BCUT2D eigenvalue weighted by molar-refractivity contribution is -0.123. The summed E-state index contributed by atoms with van der Waals surface area (Å²) in [7, 11) is 0. The van der Waals surface area contributed by atoms with Crippen LogP contribution in [0.15, 0.2) is 10.6 Å². The van der Waals surface area contributed by atoms with Crippen molar-refractivity contribution in [3.05, 3.63) is 17.5 Å². The maximum absolute atomic E-state index is 12.0. The van der Waals surface area contributed by atoms with Gasteiger partial charge in [0.05, 0.1) is 18.3 Å². The molecule has 2 rings (SSSR count). The molecule has 1 aliphatic carbocycles. The Balaban J connectivity index is 1.72. The van der Waals surface area contributed by atoms with Crippen LogP contribution in [0.5, 0.6) is 0 Å². The third kappa shape index (κ3) is 4.35. The summed E-state index contributed by atoms with van der Waals surface area (Å²) >= 11 is 0. The second kappa shape index (κ2) is 6.70. The van der Waals surface area contributed by atoms with Crippen LogP contribution in [0.4, 0.5) is 0 Å². The first kappa shape index (κ1) is 14.1. The summed E-state index contributed by atoms with van der Waals surface area (Å²) in [5.41, 5.74) is 0.858. The number of hydrogen-bond donors (Lipinski definition) is 2. The number of carbonyl (C=O) groups is 1. The molecule has 0 radical (unpaired) electrons. The van der Waals surface area contributed by atoms with Crippen molar-refractivity contribution in [1.82, 2.24) is 15.8 Å². The molecule has 0 bridgehead atoms. The molecule has 0 aliphatic heterocycles. The molecule has 1 saturated carbocycles. The average molecular weight is 265 g/mol. The van der Waals surface area contributed by atoms with Crippen molar-refractivity contribution >= 4 is 5.91 Å². The molecule has 0 saturated heterocycles. The minimum absolute atomic E-state index is 0.0723. The minimum Gasteiger partial charge on any atom is -0.360 e. The first-order chi connectivity index (χ1) is 9.15. The first-order valence-corrected chi connectivity index (χ1v) is 7.11. The number of aromatic nitrogens is 1. The van der Waals surface area contributed by atoms with Crippen LogP contribution in [0, 0.1) is 6.92 Å². The molecule has 2 N–H and O–H groups in total. The van der Waals surface area contributed by atoms with Gasteiger partial charge in [-0.15, -0.1) is 0 Å². The maximum atomic E-state index is 12.0. The highest BCUT2D eigenvalue weighted by atomic mass is 16.5. The van der Waals surface area contributed by atoms with Crippen LogP contribution in [0.1, 0.15) is 50.5 Å². The van der Waals surface area contributed by atoms with Crippen molar-refractivity contribution in [1.29, 1.82) is 0 Å². The van der Waals surface area contributed by atoms with Crippen LogP contribution in [0.25, 0.3) is 0 Å². The van der Waals surface area contributed by atoms with Crippen molar-refractivity contribution in [2.75, 3.05) is 0 Å². The Morgan fingerprint density at radius 2 is 2.21 bits per heavy atom. The highest BCUT2D eigenvalue weighted by molar-refractivity contribution is 5.81. The molecule has 1 atom stereocenters. The molecule has 1 heterocycles. The lowest BCUT2D eigenvalue weighted by Crippen LogP contribution is -2.46. The Hall–Kier alpha value is -1.36. The van der Waals surface area contributed by atoms with Gasteiger partial charge in [0.2, 0.25) is 5.91 Å². The summed E-state index contributed by atoms with van der Waals surface area (Å²) in [5.74, 6) is 0.831. The SMILES string of the molecule is Cc1cc(CNC(C)C(=O)NC2CCCCC2)on1. The van der Waals surface area contributed by atoms with Crippen LogP contribution < -0.4 is 10.6 Å². The third-order valence-corrected chi connectivity index (χ3v) is 3.60. The van der Waals surface area contributed by atoms with Gasteiger partial charge in [-0.1, -0.05) is 24.4 Å². The van der Waals surface area contributed by atoms with Gasteiger partial charge in [0, 0.05) is 12.1 Å². The molecule has 1 aromatic heterocycles. The number of hydrogen-bond acceptors (Lipinski definition) is 4. The molecule has 0 aromatic carbocycles. The zero-order chi connectivity index (χ0) is 13.7. The van der Waals surface area contributed by atoms with Crippen LogP contribution in [-0.2, 0) is 11.3 Å². The molecule has 1 unspecified atom stereocenters. The molecule has 1 aromatic rings. The molecular weight excluding hydrogens is 242 g/mol. The largest absolute Gasteiger partial charge is 0.360 e. The van der Waals surface area contributed by atoms with E-state index in [0.717, 1.165) is 24.3 Å². The normalized spacial score (nSPS) is 18.2. The zero-order valence-corrected chi connectivity index (χ0v) is 11.7. The van der Waals surface area contributed by atoms with E-state index in [-0.39, 0.29) is 11.9 Å². The fourth-order valence-corrected chi connectivity index (χ4v) is 2.42. The average Bonchev–Trinajstić information content (AvgIpc) is 2.83. The van der Waals surface area contributed by atoms with Crippen LogP contribution in [0.2, 0.25) is 0 Å². The minimum atomic E-state index is -0.215. The Morgan fingerprint density at radius 1 is 1.47 bits per heavy atom. The van der Waals surface area contributed by atoms with Crippen molar-refractivity contribution in [3.63, 3.8) is 0 Å². The van der Waals surface area contributed by atoms with E-state index in [4.69, 9.17) is 4.52 Å². The number of amides is 1. The lowest BCUT2D eigenvalue weighted by Gasteiger charge is -2.24. The second-order valence-corrected chi connectivity index (χ2v) is 5.38. The standard InChI is InChI=1S/C14H23N3O2/c1-10-8-13(19-17-10)9-15-11(2)14(18)16-12-6-4-3-5-7-12/h8,11-12,15H,3-7,9H2,1-2H3,(H,16,18). The Kier molecular flexibility index (Phi) is 4.96. The molecule has 1 fully saturated rings. The van der Waals surface area contributed by atoms with E-state index >= 15 is 0 Å². The summed E-state index contributed by atoms with van der Waals surface area (Å²) in [5, 5.41) is 10.1. The van der Waals surface area contributed by atoms with Crippen molar-refractivity contribution in [2.24, 2.45) is 0 Å². The quantitative estimate of drug-likeness (QED) is 0.853. The zero-order valence-electron chi connectivity index (χ0n) is 11.7. The summed E-state index contributed by atoms with van der Waals surface area (Å²) in [6.45, 7) is 4.29. The molecule has 5 heteroatoms. The third-order valence-electron chi connectivity index (χ3n) is 3.60. The van der Waals surface area contributed by atoms with Gasteiger partial charge in [-0.05, 0) is 26.7 Å². The number of rotatable bonds is 5. The van der Waals surface area contributed by atoms with Gasteiger partial charge in [-0.3, -0.25) is 10.1 Å². The van der Waals surface area contributed by atoms with E-state index in [1.165, 1.54) is 19.3 Å². The van der Waals surface area contributed by atoms with Crippen LogP contribution in [0.3, 0.4) is 0 Å². The molecule has 19 heavy (non-hydrogen) atoms. The van der Waals surface area contributed by atoms with Gasteiger partial charge < -0.3 is 9.84 Å². The fraction of sp³-hybridized carbons (Fsp3) is 0.714. The van der Waals surface area contributed by atoms with E-state index in [9.17, 15) is 4.79 Å². The Morgan fingerprint density at radius 3 is 2.84 bits per heavy atom. The van der Waals surface area contributed by atoms with Gasteiger partial charge in [-0.2, -0.15) is 0 Å². The lowest BCUT2D eigenvalue weighted by atomic mass is 9.95. The molecule has 106 valence electrons. The fourth-order valence-electron chi connectivity index (χ4n) is 2.42. The Bertz CT molecular complexity index is 411. The summed E-state index contributed by atoms with van der Waals surface area (Å²) < 4.78 is 5.10. The Labute approximate surface area is 114 Å². The van der Waals surface area contributed by atoms with E-state index < -0.39 is 0 Å². The van der Waals surface area contributed by atoms with E-state index in [1.807, 2.05) is 19.9 Å². The van der Waals surface area contributed by atoms with Crippen LogP contribution >= 0.6 is 0 Å². The molecule has 0 spiro atoms. The first-order valence-electron chi connectivity index (χ1n) is 7.11. The highest BCUT2D eigenvalue weighted by Crippen LogP contribution is 2.17. The monoisotopic (exact) mass is 265 g/mol. The predicted molar refractivity (Wildman–Crippen MR) is 72.6 cm³/mol. The van der Waals surface area contributed by atoms with E-state index in [0.29, 0.717) is 12.6 Å². The van der Waals surface area contributed by atoms with Gasteiger partial charge in [0.1, 0.15) is 0 Å². The maximum Gasteiger partial charge on any atom is 0.237 e. The van der Waals surface area contributed by atoms with Crippen molar-refractivity contribution in [2.45, 2.75) is 64.6 Å². The molecular formula is C14H23N3O2. The number of nitrogens with zero attached hydrogens (tertiary/aromatic N) is 1. The van der Waals surface area contributed by atoms with Gasteiger partial charge in [0.25, 0.3) is 0 Å². The van der Waals surface area contributed by atoms with Gasteiger partial charge >= 0.3 is 0 Å². The summed E-state index contributed by atoms with van der Waals surface area (Å²) in [6.07, 6.45) is 5.97.